The fourth-order valence-electron chi connectivity index (χ4n) is 3.70. The van der Waals surface area contributed by atoms with Gasteiger partial charge in [0.15, 0.2) is 0 Å². The zero-order valence-corrected chi connectivity index (χ0v) is 17.3. The molecule has 0 spiro atoms. The predicted molar refractivity (Wildman–Crippen MR) is 116 cm³/mol. The van der Waals surface area contributed by atoms with Gasteiger partial charge in [0.05, 0.1) is 5.69 Å². The Kier molecular flexibility index (Phi) is 5.29. The number of fused-ring (bicyclic) bond motifs is 3. The summed E-state index contributed by atoms with van der Waals surface area (Å²) in [7, 11) is -3.86. The maximum absolute atomic E-state index is 12.7. The highest BCUT2D eigenvalue weighted by Crippen LogP contribution is 2.35. The van der Waals surface area contributed by atoms with E-state index < -0.39 is 15.9 Å². The molecule has 2 aliphatic heterocycles. The van der Waals surface area contributed by atoms with Gasteiger partial charge >= 0.3 is 0 Å². The molecule has 2 aromatic carbocycles. The summed E-state index contributed by atoms with van der Waals surface area (Å²) in [4.78, 5) is 26.0. The number of benzene rings is 2. The first-order valence-corrected chi connectivity index (χ1v) is 11.2. The number of rotatable bonds is 3. The molecule has 0 aromatic heterocycles. The molecule has 1 saturated heterocycles. The van der Waals surface area contributed by atoms with Gasteiger partial charge < -0.3 is 15.5 Å². The van der Waals surface area contributed by atoms with E-state index in [1.54, 1.807) is 36.4 Å². The summed E-state index contributed by atoms with van der Waals surface area (Å²) >= 11 is 0. The number of carbonyl (C=O) groups excluding carboxylic acids is 2. The maximum Gasteiger partial charge on any atom is 0.286 e. The van der Waals surface area contributed by atoms with E-state index in [2.05, 4.69) is 15.0 Å². The van der Waals surface area contributed by atoms with Crippen LogP contribution in [0, 0.1) is 0 Å². The van der Waals surface area contributed by atoms with Gasteiger partial charge in [-0.25, -0.2) is 0 Å². The molecule has 2 heterocycles. The number of sulfonamides is 1. The number of anilines is 3. The van der Waals surface area contributed by atoms with E-state index in [0.717, 1.165) is 19.3 Å². The van der Waals surface area contributed by atoms with Gasteiger partial charge in [0.25, 0.3) is 15.9 Å². The normalized spacial score (nSPS) is 17.1. The predicted octanol–water partition coefficient (Wildman–Crippen LogP) is 3.38. The number of hydrogen-bond donors (Lipinski definition) is 2. The van der Waals surface area contributed by atoms with Crippen molar-refractivity contribution in [2.24, 2.45) is 4.40 Å². The highest BCUT2D eigenvalue weighted by atomic mass is 32.2. The lowest BCUT2D eigenvalue weighted by atomic mass is 10.1. The van der Waals surface area contributed by atoms with Gasteiger partial charge in [0, 0.05) is 36.8 Å². The molecule has 1 fully saturated rings. The van der Waals surface area contributed by atoms with Crippen LogP contribution in [0.1, 0.15) is 43.0 Å². The van der Waals surface area contributed by atoms with Crippen LogP contribution in [0.2, 0.25) is 0 Å². The number of hydrogen-bond acceptors (Lipinski definition) is 5. The van der Waals surface area contributed by atoms with E-state index in [1.165, 1.54) is 13.0 Å². The fourth-order valence-corrected chi connectivity index (χ4v) is 4.99. The standard InChI is InChI=1S/C21H22N4O4S/c1-14(26)22-16-6-5-7-17(13-16)23-21(27)15-9-10-18-19(12-15)30(28,29)24-20-8-3-2-4-11-25(18)20/h5-7,9-10,12-13H,2-4,8,11H2,1H3,(H,22,26)(H,23,27). The summed E-state index contributed by atoms with van der Waals surface area (Å²) in [6.07, 6.45) is 3.54. The molecule has 2 aromatic rings. The smallest absolute Gasteiger partial charge is 0.286 e. The molecule has 0 aliphatic carbocycles. The minimum Gasteiger partial charge on any atom is -0.328 e. The zero-order valence-electron chi connectivity index (χ0n) is 16.5. The third-order valence-corrected chi connectivity index (χ3v) is 6.38. The molecule has 0 saturated carbocycles. The van der Waals surface area contributed by atoms with Crippen molar-refractivity contribution < 1.29 is 18.0 Å². The molecule has 0 bridgehead atoms. The first kappa shape index (κ1) is 20.1. The molecule has 2 N–H and O–H groups in total. The third-order valence-electron chi connectivity index (χ3n) is 5.05. The van der Waals surface area contributed by atoms with Crippen LogP contribution in [-0.4, -0.2) is 32.6 Å². The van der Waals surface area contributed by atoms with Crippen molar-refractivity contribution in [1.29, 1.82) is 0 Å². The molecule has 0 radical (unpaired) electrons. The summed E-state index contributed by atoms with van der Waals surface area (Å²) in [5.74, 6) is -0.0857. The Balaban J connectivity index is 1.62. The number of carbonyl (C=O) groups is 2. The van der Waals surface area contributed by atoms with Crippen LogP contribution in [0.25, 0.3) is 0 Å². The summed E-state index contributed by atoms with van der Waals surface area (Å²) in [6, 6.07) is 11.4. The van der Waals surface area contributed by atoms with Crippen LogP contribution >= 0.6 is 0 Å². The highest BCUT2D eigenvalue weighted by Gasteiger charge is 2.32. The Bertz CT molecular complexity index is 1160. The SMILES string of the molecule is CC(=O)Nc1cccc(NC(=O)c2ccc3c(c2)S(=O)(=O)N=C2CCCCCN23)c1. The van der Waals surface area contributed by atoms with Crippen molar-refractivity contribution in [2.45, 2.75) is 37.5 Å². The van der Waals surface area contributed by atoms with Gasteiger partial charge in [0.2, 0.25) is 5.91 Å². The highest BCUT2D eigenvalue weighted by molar-refractivity contribution is 7.90. The number of nitrogens with zero attached hydrogens (tertiary/aromatic N) is 2. The van der Waals surface area contributed by atoms with Crippen molar-refractivity contribution in [3.8, 4) is 0 Å². The second kappa shape index (κ2) is 7.91. The van der Waals surface area contributed by atoms with Crippen LogP contribution in [0.15, 0.2) is 51.8 Å². The molecular weight excluding hydrogens is 404 g/mol. The van der Waals surface area contributed by atoms with E-state index in [4.69, 9.17) is 0 Å². The second-order valence-corrected chi connectivity index (χ2v) is 8.92. The lowest BCUT2D eigenvalue weighted by Crippen LogP contribution is -2.35. The van der Waals surface area contributed by atoms with Crippen LogP contribution in [0.5, 0.6) is 0 Å². The Morgan fingerprint density at radius 1 is 1.00 bits per heavy atom. The number of amidine groups is 1. The Morgan fingerprint density at radius 3 is 2.53 bits per heavy atom. The summed E-state index contributed by atoms with van der Waals surface area (Å²) in [6.45, 7) is 2.11. The van der Waals surface area contributed by atoms with Gasteiger partial charge in [-0.2, -0.15) is 8.42 Å². The average molecular weight is 426 g/mol. The molecule has 2 amide bonds. The van der Waals surface area contributed by atoms with Crippen molar-refractivity contribution in [1.82, 2.24) is 0 Å². The second-order valence-electron chi connectivity index (χ2n) is 7.34. The lowest BCUT2D eigenvalue weighted by Gasteiger charge is -2.29. The van der Waals surface area contributed by atoms with Crippen LogP contribution in [-0.2, 0) is 14.8 Å². The topological polar surface area (TPSA) is 108 Å². The average Bonchev–Trinajstić information content (AvgIpc) is 2.92. The van der Waals surface area contributed by atoms with E-state index in [0.29, 0.717) is 35.9 Å². The molecule has 0 atom stereocenters. The minimum atomic E-state index is -3.86. The monoisotopic (exact) mass is 426 g/mol. The molecule has 4 rings (SSSR count). The molecule has 9 heteroatoms. The van der Waals surface area contributed by atoms with Gasteiger partial charge in [-0.15, -0.1) is 4.40 Å². The van der Waals surface area contributed by atoms with Crippen LogP contribution < -0.4 is 15.5 Å². The van der Waals surface area contributed by atoms with Crippen LogP contribution in [0.4, 0.5) is 17.1 Å². The first-order valence-electron chi connectivity index (χ1n) is 9.78. The summed E-state index contributed by atoms with van der Waals surface area (Å²) in [5.41, 5.74) is 1.83. The van der Waals surface area contributed by atoms with Crippen molar-refractivity contribution in [2.75, 3.05) is 22.1 Å². The van der Waals surface area contributed by atoms with E-state index in [1.807, 2.05) is 4.90 Å². The molecule has 0 unspecified atom stereocenters. The van der Waals surface area contributed by atoms with Gasteiger partial charge in [0.1, 0.15) is 10.7 Å². The summed E-state index contributed by atoms with van der Waals surface area (Å²) < 4.78 is 29.5. The number of nitrogens with one attached hydrogen (secondary N) is 2. The molecule has 8 nitrogen and oxygen atoms in total. The molecule has 156 valence electrons. The lowest BCUT2D eigenvalue weighted by molar-refractivity contribution is -0.114. The van der Waals surface area contributed by atoms with Crippen molar-refractivity contribution in [3.63, 3.8) is 0 Å². The fraction of sp³-hybridized carbons (Fsp3) is 0.286. The van der Waals surface area contributed by atoms with Crippen molar-refractivity contribution >= 4 is 44.7 Å². The van der Waals surface area contributed by atoms with Gasteiger partial charge in [-0.3, -0.25) is 9.59 Å². The number of amides is 2. The van der Waals surface area contributed by atoms with E-state index in [9.17, 15) is 18.0 Å². The van der Waals surface area contributed by atoms with Gasteiger partial charge in [-0.05, 0) is 49.2 Å². The first-order chi connectivity index (χ1) is 14.3. The largest absolute Gasteiger partial charge is 0.328 e. The summed E-state index contributed by atoms with van der Waals surface area (Å²) in [5, 5.41) is 5.39. The van der Waals surface area contributed by atoms with Crippen molar-refractivity contribution in [3.05, 3.63) is 48.0 Å². The van der Waals surface area contributed by atoms with Gasteiger partial charge in [-0.1, -0.05) is 12.5 Å². The quantitative estimate of drug-likeness (QED) is 0.782. The molecular formula is C21H22N4O4S. The Labute approximate surface area is 175 Å². The maximum atomic E-state index is 12.7. The Hall–Kier alpha value is -3.20. The van der Waals surface area contributed by atoms with E-state index in [-0.39, 0.29) is 16.4 Å². The third kappa shape index (κ3) is 4.06. The molecule has 30 heavy (non-hydrogen) atoms. The zero-order chi connectivity index (χ0) is 21.3. The molecule has 2 aliphatic rings. The Morgan fingerprint density at radius 2 is 1.77 bits per heavy atom. The van der Waals surface area contributed by atoms with Crippen LogP contribution in [0.3, 0.4) is 0 Å². The minimum absolute atomic E-state index is 0.0489. The van der Waals surface area contributed by atoms with E-state index >= 15 is 0 Å².